The lowest BCUT2D eigenvalue weighted by molar-refractivity contribution is -0.116. The quantitative estimate of drug-likeness (QED) is 0.743. The van der Waals surface area contributed by atoms with Crippen LogP contribution < -0.4 is 15.5 Å². The summed E-state index contributed by atoms with van der Waals surface area (Å²) in [5.41, 5.74) is 4.25. The van der Waals surface area contributed by atoms with Gasteiger partial charge in [0.2, 0.25) is 5.91 Å². The zero-order valence-electron chi connectivity index (χ0n) is 17.1. The molecule has 2 atom stereocenters. The van der Waals surface area contributed by atoms with Gasteiger partial charge in [-0.2, -0.15) is 0 Å². The number of amides is 1. The average Bonchev–Trinajstić information content (AvgIpc) is 2.75. The van der Waals surface area contributed by atoms with Gasteiger partial charge in [-0.3, -0.25) is 4.79 Å². The van der Waals surface area contributed by atoms with Gasteiger partial charge >= 0.3 is 0 Å². The first kappa shape index (κ1) is 20.2. The molecule has 5 heteroatoms. The number of hydrogen-bond donors (Lipinski definition) is 2. The fourth-order valence-corrected chi connectivity index (χ4v) is 3.29. The maximum absolute atomic E-state index is 12.5. The maximum atomic E-state index is 12.5. The highest BCUT2D eigenvalue weighted by Crippen LogP contribution is 2.22. The summed E-state index contributed by atoms with van der Waals surface area (Å²) in [5.74, 6) is 0.500. The number of ether oxygens (including phenoxy) is 1. The molecule has 0 bridgehead atoms. The van der Waals surface area contributed by atoms with Gasteiger partial charge in [-0.15, -0.1) is 0 Å². The zero-order chi connectivity index (χ0) is 19.9. The molecule has 3 rings (SSSR count). The first-order valence-electron chi connectivity index (χ1n) is 10.2. The SMILES string of the molecule is CC[C@@H](C)c1ccc(N[C@H](C)C(=O)Nc2ccc(N3CCOCC3)cc2)cc1. The van der Waals surface area contributed by atoms with E-state index in [1.807, 2.05) is 43.3 Å². The Morgan fingerprint density at radius 3 is 2.21 bits per heavy atom. The number of hydrogen-bond acceptors (Lipinski definition) is 4. The van der Waals surface area contributed by atoms with Gasteiger partial charge < -0.3 is 20.3 Å². The van der Waals surface area contributed by atoms with E-state index in [1.54, 1.807) is 0 Å². The average molecular weight is 382 g/mol. The van der Waals surface area contributed by atoms with Crippen molar-refractivity contribution in [3.05, 3.63) is 54.1 Å². The van der Waals surface area contributed by atoms with Crippen LogP contribution in [-0.2, 0) is 9.53 Å². The summed E-state index contributed by atoms with van der Waals surface area (Å²) >= 11 is 0. The van der Waals surface area contributed by atoms with E-state index in [0.717, 1.165) is 49.8 Å². The topological polar surface area (TPSA) is 53.6 Å². The molecule has 1 aliphatic rings. The van der Waals surface area contributed by atoms with Crippen LogP contribution in [0.5, 0.6) is 0 Å². The third-order valence-corrected chi connectivity index (χ3v) is 5.38. The Morgan fingerprint density at radius 2 is 1.61 bits per heavy atom. The van der Waals surface area contributed by atoms with E-state index in [9.17, 15) is 4.79 Å². The van der Waals surface area contributed by atoms with Crippen molar-refractivity contribution in [2.24, 2.45) is 0 Å². The van der Waals surface area contributed by atoms with E-state index in [4.69, 9.17) is 4.74 Å². The summed E-state index contributed by atoms with van der Waals surface area (Å²) in [5, 5.41) is 6.26. The van der Waals surface area contributed by atoms with Gasteiger partial charge in [0.05, 0.1) is 13.2 Å². The van der Waals surface area contributed by atoms with Gasteiger partial charge in [-0.05, 0) is 61.2 Å². The molecule has 2 aromatic rings. The molecule has 150 valence electrons. The maximum Gasteiger partial charge on any atom is 0.246 e. The molecule has 1 fully saturated rings. The van der Waals surface area contributed by atoms with Crippen LogP contribution >= 0.6 is 0 Å². The molecule has 0 aromatic heterocycles. The molecule has 28 heavy (non-hydrogen) atoms. The molecule has 0 unspecified atom stereocenters. The van der Waals surface area contributed by atoms with Gasteiger partial charge in [0.15, 0.2) is 0 Å². The van der Waals surface area contributed by atoms with Crippen LogP contribution in [0.2, 0.25) is 0 Å². The fraction of sp³-hybridized carbons (Fsp3) is 0.435. The predicted octanol–water partition coefficient (Wildman–Crippen LogP) is 4.48. The van der Waals surface area contributed by atoms with E-state index in [-0.39, 0.29) is 11.9 Å². The Balaban J connectivity index is 1.53. The largest absolute Gasteiger partial charge is 0.378 e. The van der Waals surface area contributed by atoms with Crippen molar-refractivity contribution < 1.29 is 9.53 Å². The summed E-state index contributed by atoms with van der Waals surface area (Å²) in [6, 6.07) is 16.0. The molecule has 0 saturated carbocycles. The van der Waals surface area contributed by atoms with Crippen LogP contribution in [0.3, 0.4) is 0 Å². The summed E-state index contributed by atoms with van der Waals surface area (Å²) in [6.07, 6.45) is 1.12. The number of nitrogens with zero attached hydrogens (tertiary/aromatic N) is 1. The molecule has 5 nitrogen and oxygen atoms in total. The van der Waals surface area contributed by atoms with Gasteiger partial charge in [-0.25, -0.2) is 0 Å². The number of anilines is 3. The van der Waals surface area contributed by atoms with Crippen LogP contribution in [0.4, 0.5) is 17.1 Å². The standard InChI is InChI=1S/C23H31N3O2/c1-4-17(2)19-5-7-20(8-6-19)24-18(3)23(27)25-21-9-11-22(12-10-21)26-13-15-28-16-14-26/h5-12,17-18,24H,4,13-16H2,1-3H3,(H,25,27)/t17-,18-/m1/s1. The second-order valence-corrected chi connectivity index (χ2v) is 7.43. The number of carbonyl (C=O) groups is 1. The number of nitrogens with one attached hydrogen (secondary N) is 2. The van der Waals surface area contributed by atoms with Crippen LogP contribution in [0.1, 0.15) is 38.7 Å². The van der Waals surface area contributed by atoms with Gasteiger partial charge in [0.25, 0.3) is 0 Å². The Hall–Kier alpha value is -2.53. The molecule has 0 spiro atoms. The van der Waals surface area contributed by atoms with Gasteiger partial charge in [0, 0.05) is 30.2 Å². The van der Waals surface area contributed by atoms with Crippen molar-refractivity contribution in [3.63, 3.8) is 0 Å². The summed E-state index contributed by atoms with van der Waals surface area (Å²) in [4.78, 5) is 14.8. The van der Waals surface area contributed by atoms with Crippen LogP contribution in [0.15, 0.2) is 48.5 Å². The van der Waals surface area contributed by atoms with Gasteiger partial charge in [0.1, 0.15) is 6.04 Å². The van der Waals surface area contributed by atoms with Crippen molar-refractivity contribution in [2.75, 3.05) is 41.8 Å². The van der Waals surface area contributed by atoms with E-state index in [1.165, 1.54) is 5.56 Å². The Kier molecular flexibility index (Phi) is 6.93. The minimum atomic E-state index is -0.326. The number of benzene rings is 2. The summed E-state index contributed by atoms with van der Waals surface area (Å²) in [7, 11) is 0. The summed E-state index contributed by atoms with van der Waals surface area (Å²) in [6.45, 7) is 9.63. The van der Waals surface area contributed by atoms with Crippen molar-refractivity contribution in [3.8, 4) is 0 Å². The lowest BCUT2D eigenvalue weighted by atomic mass is 9.98. The third-order valence-electron chi connectivity index (χ3n) is 5.38. The Labute approximate surface area is 168 Å². The third kappa shape index (κ3) is 5.26. The Bertz CT molecular complexity index is 752. The lowest BCUT2D eigenvalue weighted by Gasteiger charge is -2.29. The van der Waals surface area contributed by atoms with Gasteiger partial charge in [-0.1, -0.05) is 26.0 Å². The molecule has 1 saturated heterocycles. The monoisotopic (exact) mass is 381 g/mol. The second kappa shape index (κ2) is 9.60. The van der Waals surface area contributed by atoms with E-state index >= 15 is 0 Å². The molecule has 2 N–H and O–H groups in total. The molecule has 1 aliphatic heterocycles. The number of morpholine rings is 1. The van der Waals surface area contributed by atoms with Crippen molar-refractivity contribution in [1.29, 1.82) is 0 Å². The van der Waals surface area contributed by atoms with E-state index < -0.39 is 0 Å². The minimum Gasteiger partial charge on any atom is -0.378 e. The predicted molar refractivity (Wildman–Crippen MR) is 116 cm³/mol. The molecular formula is C23H31N3O2. The lowest BCUT2D eigenvalue weighted by Crippen LogP contribution is -2.36. The first-order valence-corrected chi connectivity index (χ1v) is 10.2. The molecule has 2 aromatic carbocycles. The highest BCUT2D eigenvalue weighted by Gasteiger charge is 2.14. The molecule has 0 aliphatic carbocycles. The highest BCUT2D eigenvalue weighted by molar-refractivity contribution is 5.96. The molecule has 1 heterocycles. The van der Waals surface area contributed by atoms with E-state index in [0.29, 0.717) is 5.92 Å². The van der Waals surface area contributed by atoms with Crippen molar-refractivity contribution >= 4 is 23.0 Å². The highest BCUT2D eigenvalue weighted by atomic mass is 16.5. The molecule has 0 radical (unpaired) electrons. The van der Waals surface area contributed by atoms with E-state index in [2.05, 4.69) is 41.5 Å². The molecular weight excluding hydrogens is 350 g/mol. The van der Waals surface area contributed by atoms with Crippen LogP contribution in [0.25, 0.3) is 0 Å². The number of carbonyl (C=O) groups excluding carboxylic acids is 1. The second-order valence-electron chi connectivity index (χ2n) is 7.43. The first-order chi connectivity index (χ1) is 13.6. The normalized spacial score (nSPS) is 16.3. The Morgan fingerprint density at radius 1 is 1.00 bits per heavy atom. The zero-order valence-corrected chi connectivity index (χ0v) is 17.1. The van der Waals surface area contributed by atoms with Crippen LogP contribution in [-0.4, -0.2) is 38.3 Å². The smallest absolute Gasteiger partial charge is 0.246 e. The molecule has 1 amide bonds. The minimum absolute atomic E-state index is 0.0508. The van der Waals surface area contributed by atoms with Crippen molar-refractivity contribution in [2.45, 2.75) is 39.2 Å². The summed E-state index contributed by atoms with van der Waals surface area (Å²) < 4.78 is 5.39. The van der Waals surface area contributed by atoms with Crippen molar-refractivity contribution in [1.82, 2.24) is 0 Å². The van der Waals surface area contributed by atoms with Crippen LogP contribution in [0, 0.1) is 0 Å². The number of rotatable bonds is 7. The fourth-order valence-electron chi connectivity index (χ4n) is 3.29.